The highest BCUT2D eigenvalue weighted by Crippen LogP contribution is 2.18. The van der Waals surface area contributed by atoms with Crippen LogP contribution in [0.3, 0.4) is 0 Å². The third kappa shape index (κ3) is 62.0. The van der Waals surface area contributed by atoms with Crippen LogP contribution in [0, 0.1) is 0 Å². The van der Waals surface area contributed by atoms with Crippen molar-refractivity contribution in [2.75, 3.05) is 13.2 Å². The van der Waals surface area contributed by atoms with Gasteiger partial charge < -0.3 is 14.2 Å². The van der Waals surface area contributed by atoms with Gasteiger partial charge in [0, 0.05) is 19.3 Å². The summed E-state index contributed by atoms with van der Waals surface area (Å²) in [7, 11) is 0. The minimum Gasteiger partial charge on any atom is -0.462 e. The minimum atomic E-state index is -0.765. The van der Waals surface area contributed by atoms with Gasteiger partial charge in [0.05, 0.1) is 0 Å². The molecule has 0 rings (SSSR count). The Labute approximate surface area is 472 Å². The van der Waals surface area contributed by atoms with Crippen molar-refractivity contribution in [3.8, 4) is 0 Å². The van der Waals surface area contributed by atoms with Gasteiger partial charge in [-0.3, -0.25) is 14.4 Å². The second kappa shape index (κ2) is 64.6. The van der Waals surface area contributed by atoms with Gasteiger partial charge >= 0.3 is 17.9 Å². The van der Waals surface area contributed by atoms with Crippen LogP contribution in [0.25, 0.3) is 0 Å². The first kappa shape index (κ1) is 73.1. The van der Waals surface area contributed by atoms with Crippen LogP contribution in [0.5, 0.6) is 0 Å². The van der Waals surface area contributed by atoms with Crippen molar-refractivity contribution in [2.45, 2.75) is 354 Å². The Kier molecular flexibility index (Phi) is 62.2. The number of rotatable bonds is 61. The minimum absolute atomic E-state index is 0.0677. The van der Waals surface area contributed by atoms with Crippen molar-refractivity contribution in [1.29, 1.82) is 0 Å². The summed E-state index contributed by atoms with van der Waals surface area (Å²) in [6, 6.07) is 0. The predicted octanol–water partition coefficient (Wildman–Crippen LogP) is 22.7. The topological polar surface area (TPSA) is 78.9 Å². The summed E-state index contributed by atoms with van der Waals surface area (Å²) in [6.45, 7) is 6.49. The zero-order valence-corrected chi connectivity index (χ0v) is 50.8. The molecule has 6 nitrogen and oxygen atoms in total. The van der Waals surface area contributed by atoms with E-state index in [1.54, 1.807) is 0 Å². The van der Waals surface area contributed by atoms with Gasteiger partial charge in [0.15, 0.2) is 6.10 Å². The molecule has 0 spiro atoms. The summed E-state index contributed by atoms with van der Waals surface area (Å²) < 4.78 is 16.8. The molecule has 0 heterocycles. The molecule has 0 N–H and O–H groups in total. The Morgan fingerprint density at radius 3 is 0.803 bits per heavy atom. The number of unbranched alkanes of at least 4 members (excludes halogenated alkanes) is 40. The van der Waals surface area contributed by atoms with Gasteiger partial charge in [0.1, 0.15) is 13.2 Å². The van der Waals surface area contributed by atoms with E-state index in [-0.39, 0.29) is 31.1 Å². The Morgan fingerprint density at radius 2 is 0.513 bits per heavy atom. The summed E-state index contributed by atoms with van der Waals surface area (Å²) in [5.41, 5.74) is 0. The lowest BCUT2D eigenvalue weighted by Crippen LogP contribution is -2.30. The van der Waals surface area contributed by atoms with Crippen molar-refractivity contribution in [3.63, 3.8) is 0 Å². The molecule has 442 valence electrons. The molecule has 0 radical (unpaired) electrons. The number of allylic oxidation sites excluding steroid dienone is 10. The Hall–Kier alpha value is -2.89. The quantitative estimate of drug-likeness (QED) is 0.0261. The molecule has 0 amide bonds. The van der Waals surface area contributed by atoms with Gasteiger partial charge in [-0.25, -0.2) is 0 Å². The van der Waals surface area contributed by atoms with E-state index < -0.39 is 6.10 Å². The normalized spacial score (nSPS) is 12.4. The second-order valence-corrected chi connectivity index (χ2v) is 22.4. The zero-order chi connectivity index (χ0) is 55.0. The molecule has 0 fully saturated rings. The van der Waals surface area contributed by atoms with E-state index in [1.807, 2.05) is 0 Å². The lowest BCUT2D eigenvalue weighted by Gasteiger charge is -2.18. The maximum atomic E-state index is 12.8. The van der Waals surface area contributed by atoms with Crippen molar-refractivity contribution >= 4 is 17.9 Å². The Bertz CT molecular complexity index is 1360. The van der Waals surface area contributed by atoms with Crippen LogP contribution < -0.4 is 0 Å². The lowest BCUT2D eigenvalue weighted by atomic mass is 10.0. The number of carbonyl (C=O) groups excluding carboxylic acids is 3. The Balaban J connectivity index is 3.89. The number of hydrogen-bond acceptors (Lipinski definition) is 6. The van der Waals surface area contributed by atoms with Crippen molar-refractivity contribution in [1.82, 2.24) is 0 Å². The van der Waals surface area contributed by atoms with Crippen molar-refractivity contribution in [2.24, 2.45) is 0 Å². The highest BCUT2D eigenvalue weighted by Gasteiger charge is 2.19. The van der Waals surface area contributed by atoms with Crippen LogP contribution >= 0.6 is 0 Å². The van der Waals surface area contributed by atoms with Gasteiger partial charge in [0.2, 0.25) is 0 Å². The molecule has 0 bridgehead atoms. The lowest BCUT2D eigenvalue weighted by molar-refractivity contribution is -0.167. The molecule has 1 unspecified atom stereocenters. The fourth-order valence-electron chi connectivity index (χ4n) is 9.83. The van der Waals surface area contributed by atoms with E-state index in [2.05, 4.69) is 81.5 Å². The van der Waals surface area contributed by atoms with Crippen LogP contribution in [0.2, 0.25) is 0 Å². The van der Waals surface area contributed by atoms with E-state index in [9.17, 15) is 14.4 Å². The maximum Gasteiger partial charge on any atom is 0.306 e. The molecule has 0 aliphatic rings. The summed E-state index contributed by atoms with van der Waals surface area (Å²) in [4.78, 5) is 37.9. The van der Waals surface area contributed by atoms with Gasteiger partial charge in [-0.15, -0.1) is 0 Å². The molecule has 6 heteroatoms. The largest absolute Gasteiger partial charge is 0.462 e. The highest BCUT2D eigenvalue weighted by molar-refractivity contribution is 5.71. The molecule has 0 saturated carbocycles. The first-order valence-electron chi connectivity index (χ1n) is 33.3. The molecule has 0 aromatic carbocycles. The number of esters is 3. The zero-order valence-electron chi connectivity index (χ0n) is 50.8. The van der Waals surface area contributed by atoms with Crippen molar-refractivity contribution < 1.29 is 28.6 Å². The van der Waals surface area contributed by atoms with Gasteiger partial charge in [-0.2, -0.15) is 0 Å². The highest BCUT2D eigenvalue weighted by atomic mass is 16.6. The van der Waals surface area contributed by atoms with E-state index in [0.717, 1.165) is 96.3 Å². The summed E-state index contributed by atoms with van der Waals surface area (Å²) in [5, 5.41) is 0. The van der Waals surface area contributed by atoms with E-state index in [0.29, 0.717) is 19.3 Å². The van der Waals surface area contributed by atoms with Crippen LogP contribution in [0.15, 0.2) is 60.8 Å². The Morgan fingerprint density at radius 1 is 0.276 bits per heavy atom. The standard InChI is InChI=1S/C70H126O6/c1-4-7-10-13-15-17-19-21-23-25-27-28-29-30-31-32-33-34-35-36-37-38-39-40-41-42-43-45-46-48-50-52-54-57-60-63-69(72)75-66-67(65-74-68(71)62-59-56-12-9-6-3)76-70(73)64-61-58-55-53-51-49-47-44-26-24-22-20-18-16-14-11-8-5-2/h7,10,15,17,21,23,27-28,30-31,67H,4-6,8-9,11-14,16,18-20,22,24-26,29,32-66H2,1-3H3/b10-7-,17-15-,23-21-,28-27-,31-30-. The molecule has 76 heavy (non-hydrogen) atoms. The third-order valence-corrected chi connectivity index (χ3v) is 14.8. The fourth-order valence-corrected chi connectivity index (χ4v) is 9.83. The van der Waals surface area contributed by atoms with Gasteiger partial charge in [-0.1, -0.05) is 326 Å². The molecule has 0 aromatic heterocycles. The van der Waals surface area contributed by atoms with Crippen LogP contribution in [-0.2, 0) is 28.6 Å². The summed E-state index contributed by atoms with van der Waals surface area (Å²) in [5.74, 6) is -0.860. The molecule has 1 atom stereocenters. The summed E-state index contributed by atoms with van der Waals surface area (Å²) in [6.07, 6.45) is 83.0. The van der Waals surface area contributed by atoms with E-state index in [1.165, 1.54) is 212 Å². The SMILES string of the molecule is CC/C=C\C/C=C\C/C=C\C/C=C\C/C=C\CCCCCCCCCCCCCCCCCCCCCC(=O)OCC(COC(=O)CCCCCCC)OC(=O)CCCCCCCCCCCCCCCCCCCC. The van der Waals surface area contributed by atoms with Gasteiger partial charge in [-0.05, 0) is 64.2 Å². The molecule has 0 aliphatic carbocycles. The molecule has 0 saturated heterocycles. The maximum absolute atomic E-state index is 12.8. The molecule has 0 aromatic rings. The monoisotopic (exact) mass is 1060 g/mol. The second-order valence-electron chi connectivity index (χ2n) is 22.4. The molecule has 0 aliphatic heterocycles. The van der Waals surface area contributed by atoms with Crippen molar-refractivity contribution in [3.05, 3.63) is 60.8 Å². The first-order chi connectivity index (χ1) is 37.5. The van der Waals surface area contributed by atoms with E-state index in [4.69, 9.17) is 14.2 Å². The fraction of sp³-hybridized carbons (Fsp3) is 0.814. The smallest absolute Gasteiger partial charge is 0.306 e. The summed E-state index contributed by atoms with van der Waals surface area (Å²) >= 11 is 0. The predicted molar refractivity (Wildman–Crippen MR) is 330 cm³/mol. The first-order valence-corrected chi connectivity index (χ1v) is 33.3. The number of hydrogen-bond donors (Lipinski definition) is 0. The van der Waals surface area contributed by atoms with E-state index >= 15 is 0 Å². The third-order valence-electron chi connectivity index (χ3n) is 14.8. The average Bonchev–Trinajstić information content (AvgIpc) is 3.42. The number of ether oxygens (including phenoxy) is 3. The molecular weight excluding hydrogens is 937 g/mol. The average molecular weight is 1060 g/mol. The molecular formula is C70H126O6. The van der Waals surface area contributed by atoms with Crippen LogP contribution in [0.4, 0.5) is 0 Å². The van der Waals surface area contributed by atoms with Crippen LogP contribution in [-0.4, -0.2) is 37.2 Å². The van der Waals surface area contributed by atoms with Crippen LogP contribution in [0.1, 0.15) is 348 Å². The van der Waals surface area contributed by atoms with Gasteiger partial charge in [0.25, 0.3) is 0 Å². The number of carbonyl (C=O) groups is 3.